The first kappa shape index (κ1) is 14.9. The number of carbonyl (C=O) groups excluding carboxylic acids is 1. The van der Waals surface area contributed by atoms with Crippen LogP contribution in [0.25, 0.3) is 0 Å². The highest BCUT2D eigenvalue weighted by molar-refractivity contribution is 5.93. The molecule has 0 bridgehead atoms. The van der Waals surface area contributed by atoms with Crippen molar-refractivity contribution in [3.05, 3.63) is 48.0 Å². The van der Waals surface area contributed by atoms with Crippen LogP contribution in [0, 0.1) is 5.92 Å². The minimum Gasteiger partial charge on any atom is -0.492 e. The molecule has 4 rings (SSSR count). The topological polar surface area (TPSA) is 56.8 Å². The van der Waals surface area contributed by atoms with E-state index in [-0.39, 0.29) is 11.8 Å². The predicted octanol–water partition coefficient (Wildman–Crippen LogP) is 3.04. The summed E-state index contributed by atoms with van der Waals surface area (Å²) in [6, 6.07) is 13.3. The summed E-state index contributed by atoms with van der Waals surface area (Å²) < 4.78 is 17.0. The summed E-state index contributed by atoms with van der Waals surface area (Å²) in [5.74, 6) is 2.03. The molecule has 24 heavy (non-hydrogen) atoms. The van der Waals surface area contributed by atoms with Gasteiger partial charge >= 0.3 is 0 Å². The number of para-hydroxylation sites is 1. The molecule has 2 heterocycles. The molecular formula is C19H19NO4. The number of anilines is 1. The van der Waals surface area contributed by atoms with Crippen molar-refractivity contribution in [3.63, 3.8) is 0 Å². The first-order valence-corrected chi connectivity index (χ1v) is 8.21. The molecule has 2 aliphatic rings. The average molecular weight is 325 g/mol. The zero-order valence-corrected chi connectivity index (χ0v) is 13.3. The van der Waals surface area contributed by atoms with E-state index in [0.29, 0.717) is 37.7 Å². The summed E-state index contributed by atoms with van der Waals surface area (Å²) in [6.45, 7) is 1.67. The SMILES string of the molecule is O=C(Nc1ccc2c(c1)OCCCO2)C1COc2ccccc2C1. The molecule has 0 radical (unpaired) electrons. The van der Waals surface area contributed by atoms with Gasteiger partial charge < -0.3 is 19.5 Å². The Hall–Kier alpha value is -2.69. The van der Waals surface area contributed by atoms with Crippen LogP contribution in [0.15, 0.2) is 42.5 Å². The number of ether oxygens (including phenoxy) is 3. The van der Waals surface area contributed by atoms with Crippen LogP contribution in [0.3, 0.4) is 0 Å². The molecule has 5 nitrogen and oxygen atoms in total. The second-order valence-corrected chi connectivity index (χ2v) is 6.02. The summed E-state index contributed by atoms with van der Waals surface area (Å²) in [7, 11) is 0. The van der Waals surface area contributed by atoms with E-state index in [2.05, 4.69) is 5.32 Å². The number of fused-ring (bicyclic) bond motifs is 2. The van der Waals surface area contributed by atoms with E-state index in [9.17, 15) is 4.79 Å². The Morgan fingerprint density at radius 3 is 2.71 bits per heavy atom. The lowest BCUT2D eigenvalue weighted by atomic mass is 9.96. The standard InChI is InChI=1S/C19H19NO4/c21-19(14-10-13-4-1-2-5-16(13)24-12-14)20-15-6-7-17-18(11-15)23-9-3-8-22-17/h1-2,4-7,11,14H,3,8-10,12H2,(H,20,21). The van der Waals surface area contributed by atoms with Crippen molar-refractivity contribution in [1.82, 2.24) is 0 Å². The Morgan fingerprint density at radius 2 is 1.79 bits per heavy atom. The van der Waals surface area contributed by atoms with Gasteiger partial charge in [0.25, 0.3) is 0 Å². The maximum absolute atomic E-state index is 12.6. The molecule has 124 valence electrons. The number of carbonyl (C=O) groups is 1. The Kier molecular flexibility index (Phi) is 3.99. The van der Waals surface area contributed by atoms with Gasteiger partial charge in [-0.15, -0.1) is 0 Å². The van der Waals surface area contributed by atoms with Gasteiger partial charge in [0.1, 0.15) is 12.4 Å². The zero-order chi connectivity index (χ0) is 16.4. The van der Waals surface area contributed by atoms with E-state index >= 15 is 0 Å². The van der Waals surface area contributed by atoms with E-state index in [1.54, 1.807) is 0 Å². The van der Waals surface area contributed by atoms with Gasteiger partial charge in [-0.25, -0.2) is 0 Å². The molecule has 2 aromatic rings. The van der Waals surface area contributed by atoms with Gasteiger partial charge in [-0.05, 0) is 30.2 Å². The molecule has 0 saturated carbocycles. The lowest BCUT2D eigenvalue weighted by molar-refractivity contribution is -0.121. The largest absolute Gasteiger partial charge is 0.492 e. The molecule has 2 aromatic carbocycles. The molecule has 0 saturated heterocycles. The fraction of sp³-hybridized carbons (Fsp3) is 0.316. The number of rotatable bonds is 2. The van der Waals surface area contributed by atoms with E-state index in [4.69, 9.17) is 14.2 Å². The third kappa shape index (κ3) is 3.02. The van der Waals surface area contributed by atoms with Crippen LogP contribution in [0.4, 0.5) is 5.69 Å². The van der Waals surface area contributed by atoms with Gasteiger partial charge in [0.05, 0.1) is 19.1 Å². The Morgan fingerprint density at radius 1 is 0.958 bits per heavy atom. The fourth-order valence-corrected chi connectivity index (χ4v) is 2.98. The fourth-order valence-electron chi connectivity index (χ4n) is 2.98. The molecule has 1 N–H and O–H groups in total. The number of hydrogen-bond donors (Lipinski definition) is 1. The van der Waals surface area contributed by atoms with Crippen LogP contribution < -0.4 is 19.5 Å². The molecule has 1 amide bonds. The van der Waals surface area contributed by atoms with Gasteiger partial charge in [0.2, 0.25) is 5.91 Å². The molecular weight excluding hydrogens is 306 g/mol. The number of benzene rings is 2. The van der Waals surface area contributed by atoms with Crippen LogP contribution in [0.2, 0.25) is 0 Å². The summed E-state index contributed by atoms with van der Waals surface area (Å²) >= 11 is 0. The minimum atomic E-state index is -0.198. The summed E-state index contributed by atoms with van der Waals surface area (Å²) in [6.07, 6.45) is 1.54. The average Bonchev–Trinajstić information content (AvgIpc) is 2.86. The molecule has 2 aliphatic heterocycles. The van der Waals surface area contributed by atoms with Crippen molar-refractivity contribution >= 4 is 11.6 Å². The zero-order valence-electron chi connectivity index (χ0n) is 13.3. The van der Waals surface area contributed by atoms with Crippen LogP contribution in [-0.4, -0.2) is 25.7 Å². The predicted molar refractivity (Wildman–Crippen MR) is 89.8 cm³/mol. The molecule has 0 aliphatic carbocycles. The smallest absolute Gasteiger partial charge is 0.231 e. The van der Waals surface area contributed by atoms with Crippen LogP contribution in [0.5, 0.6) is 17.2 Å². The van der Waals surface area contributed by atoms with Crippen molar-refractivity contribution in [2.75, 3.05) is 25.1 Å². The highest BCUT2D eigenvalue weighted by atomic mass is 16.5. The van der Waals surface area contributed by atoms with Crippen LogP contribution >= 0.6 is 0 Å². The highest BCUT2D eigenvalue weighted by Crippen LogP contribution is 2.33. The van der Waals surface area contributed by atoms with Crippen LogP contribution in [-0.2, 0) is 11.2 Å². The normalized spacial score (nSPS) is 18.8. The first-order chi connectivity index (χ1) is 11.8. The van der Waals surface area contributed by atoms with Crippen molar-refractivity contribution in [3.8, 4) is 17.2 Å². The summed E-state index contributed by atoms with van der Waals surface area (Å²) in [4.78, 5) is 12.6. The third-order valence-corrected chi connectivity index (χ3v) is 4.26. The summed E-state index contributed by atoms with van der Waals surface area (Å²) in [5.41, 5.74) is 1.78. The minimum absolute atomic E-state index is 0.0426. The van der Waals surface area contributed by atoms with Gasteiger partial charge in [-0.2, -0.15) is 0 Å². The Balaban J connectivity index is 1.46. The second-order valence-electron chi connectivity index (χ2n) is 6.02. The van der Waals surface area contributed by atoms with E-state index in [1.165, 1.54) is 0 Å². The maximum atomic E-state index is 12.6. The van der Waals surface area contributed by atoms with E-state index in [1.807, 2.05) is 42.5 Å². The quantitative estimate of drug-likeness (QED) is 0.922. The van der Waals surface area contributed by atoms with Gasteiger partial charge in [-0.3, -0.25) is 4.79 Å². The van der Waals surface area contributed by atoms with Crippen molar-refractivity contribution < 1.29 is 19.0 Å². The molecule has 0 fully saturated rings. The maximum Gasteiger partial charge on any atom is 0.231 e. The molecule has 0 aromatic heterocycles. The lowest BCUT2D eigenvalue weighted by Crippen LogP contribution is -2.32. The third-order valence-electron chi connectivity index (χ3n) is 4.26. The summed E-state index contributed by atoms with van der Waals surface area (Å²) in [5, 5.41) is 2.96. The second kappa shape index (κ2) is 6.43. The number of nitrogens with one attached hydrogen (secondary N) is 1. The van der Waals surface area contributed by atoms with Crippen LogP contribution in [0.1, 0.15) is 12.0 Å². The van der Waals surface area contributed by atoms with Crippen molar-refractivity contribution in [1.29, 1.82) is 0 Å². The first-order valence-electron chi connectivity index (χ1n) is 8.21. The molecule has 1 atom stereocenters. The molecule has 5 heteroatoms. The van der Waals surface area contributed by atoms with Crippen molar-refractivity contribution in [2.45, 2.75) is 12.8 Å². The van der Waals surface area contributed by atoms with E-state index < -0.39 is 0 Å². The highest BCUT2D eigenvalue weighted by Gasteiger charge is 2.26. The van der Waals surface area contributed by atoms with E-state index in [0.717, 1.165) is 23.5 Å². The Labute approximate surface area is 140 Å². The van der Waals surface area contributed by atoms with Gasteiger partial charge in [0, 0.05) is 18.2 Å². The monoisotopic (exact) mass is 325 g/mol. The number of amides is 1. The lowest BCUT2D eigenvalue weighted by Gasteiger charge is -2.24. The Bertz CT molecular complexity index is 759. The number of hydrogen-bond acceptors (Lipinski definition) is 4. The molecule has 0 spiro atoms. The van der Waals surface area contributed by atoms with Gasteiger partial charge in [0.15, 0.2) is 11.5 Å². The van der Waals surface area contributed by atoms with Gasteiger partial charge in [-0.1, -0.05) is 18.2 Å². The molecule has 1 unspecified atom stereocenters. The van der Waals surface area contributed by atoms with Crippen molar-refractivity contribution in [2.24, 2.45) is 5.92 Å².